The van der Waals surface area contributed by atoms with Crippen molar-refractivity contribution in [1.29, 1.82) is 0 Å². The number of hydrogen-bond donors (Lipinski definition) is 0. The first kappa shape index (κ1) is 21.3. The van der Waals surface area contributed by atoms with Crippen LogP contribution in [0.1, 0.15) is 5.56 Å². The van der Waals surface area contributed by atoms with Crippen molar-refractivity contribution in [3.05, 3.63) is 91.1 Å². The normalized spacial score (nSPS) is 11.4. The molecule has 0 radical (unpaired) electrons. The van der Waals surface area contributed by atoms with Gasteiger partial charge in [-0.15, -0.1) is 0 Å². The van der Waals surface area contributed by atoms with Crippen LogP contribution < -0.4 is 11.2 Å². The summed E-state index contributed by atoms with van der Waals surface area (Å²) in [6, 6.07) is 10.7. The molecule has 0 N–H and O–H groups in total. The highest BCUT2D eigenvalue weighted by molar-refractivity contribution is 6.42. The Morgan fingerprint density at radius 2 is 1.90 bits per heavy atom. The fourth-order valence-electron chi connectivity index (χ4n) is 3.36. The second-order valence-electron chi connectivity index (χ2n) is 6.84. The third-order valence-electron chi connectivity index (χ3n) is 4.82. The van der Waals surface area contributed by atoms with Gasteiger partial charge in [0, 0.05) is 13.7 Å². The zero-order valence-electron chi connectivity index (χ0n) is 16.4. The van der Waals surface area contributed by atoms with Gasteiger partial charge in [-0.3, -0.25) is 9.36 Å². The van der Waals surface area contributed by atoms with E-state index >= 15 is 0 Å². The van der Waals surface area contributed by atoms with Crippen molar-refractivity contribution in [2.24, 2.45) is 0 Å². The standard InChI is InChI=1S/C21H17Cl2FN4O3/c1-31-8-7-27-20(29)18-19(28(21(27)30)15-4-2-3-14(24)10-15)25-12-26(18)11-13-5-6-16(22)17(23)9-13/h2-6,9-10,12H,7-8,11H2,1H3. The van der Waals surface area contributed by atoms with Gasteiger partial charge in [-0.05, 0) is 35.9 Å². The van der Waals surface area contributed by atoms with Crippen molar-refractivity contribution in [1.82, 2.24) is 18.7 Å². The van der Waals surface area contributed by atoms with Crippen molar-refractivity contribution < 1.29 is 9.13 Å². The first-order valence-electron chi connectivity index (χ1n) is 9.30. The van der Waals surface area contributed by atoms with Crippen LogP contribution in [0.2, 0.25) is 10.0 Å². The minimum Gasteiger partial charge on any atom is -0.383 e. The summed E-state index contributed by atoms with van der Waals surface area (Å²) >= 11 is 12.1. The molecule has 0 aliphatic rings. The molecule has 10 heteroatoms. The van der Waals surface area contributed by atoms with Crippen molar-refractivity contribution in [2.45, 2.75) is 13.1 Å². The molecule has 2 heterocycles. The van der Waals surface area contributed by atoms with Gasteiger partial charge in [0.25, 0.3) is 5.56 Å². The van der Waals surface area contributed by atoms with Crippen LogP contribution in [-0.2, 0) is 17.8 Å². The Balaban J connectivity index is 1.96. The van der Waals surface area contributed by atoms with E-state index in [0.717, 1.165) is 10.1 Å². The van der Waals surface area contributed by atoms with Gasteiger partial charge in [0.2, 0.25) is 0 Å². The SMILES string of the molecule is COCCn1c(=O)c2c(ncn2Cc2ccc(Cl)c(Cl)c2)n(-c2cccc(F)c2)c1=O. The maximum atomic E-state index is 13.9. The van der Waals surface area contributed by atoms with E-state index in [-0.39, 0.29) is 36.5 Å². The Morgan fingerprint density at radius 3 is 2.61 bits per heavy atom. The van der Waals surface area contributed by atoms with Gasteiger partial charge in [-0.2, -0.15) is 0 Å². The van der Waals surface area contributed by atoms with Crippen molar-refractivity contribution >= 4 is 34.4 Å². The summed E-state index contributed by atoms with van der Waals surface area (Å²) in [4.78, 5) is 30.7. The monoisotopic (exact) mass is 462 g/mol. The fraction of sp³-hybridized carbons (Fsp3) is 0.190. The highest BCUT2D eigenvalue weighted by atomic mass is 35.5. The first-order valence-corrected chi connectivity index (χ1v) is 10.1. The van der Waals surface area contributed by atoms with E-state index < -0.39 is 17.1 Å². The Kier molecular flexibility index (Phi) is 5.95. The molecule has 0 spiro atoms. The number of hydrogen-bond acceptors (Lipinski definition) is 4. The maximum Gasteiger partial charge on any atom is 0.337 e. The smallest absolute Gasteiger partial charge is 0.337 e. The number of methoxy groups -OCH3 is 1. The van der Waals surface area contributed by atoms with E-state index in [9.17, 15) is 14.0 Å². The van der Waals surface area contributed by atoms with E-state index in [0.29, 0.717) is 10.0 Å². The average molecular weight is 463 g/mol. The third-order valence-corrected chi connectivity index (χ3v) is 5.56. The quantitative estimate of drug-likeness (QED) is 0.439. The van der Waals surface area contributed by atoms with Crippen LogP contribution in [0.4, 0.5) is 4.39 Å². The second kappa shape index (κ2) is 8.66. The largest absolute Gasteiger partial charge is 0.383 e. The molecule has 0 saturated carbocycles. The minimum absolute atomic E-state index is 0.0391. The highest BCUT2D eigenvalue weighted by Gasteiger charge is 2.19. The van der Waals surface area contributed by atoms with Crippen LogP contribution >= 0.6 is 23.2 Å². The number of halogens is 3. The van der Waals surface area contributed by atoms with E-state index in [1.807, 2.05) is 0 Å². The molecule has 7 nitrogen and oxygen atoms in total. The summed E-state index contributed by atoms with van der Waals surface area (Å²) in [7, 11) is 1.48. The molecule has 0 bridgehead atoms. The molecule has 0 aliphatic carbocycles. The van der Waals surface area contributed by atoms with Crippen molar-refractivity contribution in [3.8, 4) is 5.69 Å². The topological polar surface area (TPSA) is 71.1 Å². The Bertz CT molecular complexity index is 1390. The number of fused-ring (bicyclic) bond motifs is 1. The Labute approximate surface area is 185 Å². The van der Waals surface area contributed by atoms with Gasteiger partial charge in [-0.25, -0.2) is 18.7 Å². The number of rotatable bonds is 6. The van der Waals surface area contributed by atoms with E-state index in [1.165, 1.54) is 36.2 Å². The zero-order chi connectivity index (χ0) is 22.1. The van der Waals surface area contributed by atoms with Crippen LogP contribution in [0.15, 0.2) is 58.4 Å². The number of aromatic nitrogens is 4. The highest BCUT2D eigenvalue weighted by Crippen LogP contribution is 2.23. The second-order valence-corrected chi connectivity index (χ2v) is 7.65. The zero-order valence-corrected chi connectivity index (χ0v) is 17.9. The summed E-state index contributed by atoms with van der Waals surface area (Å²) in [5.74, 6) is -0.512. The molecule has 2 aromatic carbocycles. The molecule has 0 amide bonds. The molecule has 31 heavy (non-hydrogen) atoms. The lowest BCUT2D eigenvalue weighted by molar-refractivity contribution is 0.184. The summed E-state index contributed by atoms with van der Waals surface area (Å²) < 4.78 is 22.8. The van der Waals surface area contributed by atoms with Gasteiger partial charge in [-0.1, -0.05) is 35.3 Å². The van der Waals surface area contributed by atoms with Crippen LogP contribution in [0.25, 0.3) is 16.9 Å². The Morgan fingerprint density at radius 1 is 1.10 bits per heavy atom. The first-order chi connectivity index (χ1) is 14.9. The molecule has 0 fully saturated rings. The molecular formula is C21H17Cl2FN4O3. The van der Waals surface area contributed by atoms with E-state index in [1.54, 1.807) is 28.8 Å². The van der Waals surface area contributed by atoms with Gasteiger partial charge < -0.3 is 9.30 Å². The lowest BCUT2D eigenvalue weighted by Crippen LogP contribution is -2.41. The third kappa shape index (κ3) is 4.01. The van der Waals surface area contributed by atoms with E-state index in [2.05, 4.69) is 4.98 Å². The molecule has 4 aromatic rings. The van der Waals surface area contributed by atoms with Gasteiger partial charge in [0.15, 0.2) is 11.2 Å². The van der Waals surface area contributed by atoms with Crippen molar-refractivity contribution in [3.63, 3.8) is 0 Å². The molecule has 0 aliphatic heterocycles. The molecule has 4 rings (SSSR count). The lowest BCUT2D eigenvalue weighted by atomic mass is 10.2. The number of imidazole rings is 1. The molecule has 0 atom stereocenters. The minimum atomic E-state index is -0.625. The maximum absolute atomic E-state index is 13.9. The number of ether oxygens (including phenoxy) is 1. The van der Waals surface area contributed by atoms with Crippen LogP contribution in [0.5, 0.6) is 0 Å². The van der Waals surface area contributed by atoms with Gasteiger partial charge >= 0.3 is 5.69 Å². The van der Waals surface area contributed by atoms with Gasteiger partial charge in [0.1, 0.15) is 5.82 Å². The van der Waals surface area contributed by atoms with Gasteiger partial charge in [0.05, 0.1) is 35.2 Å². The molecule has 0 unspecified atom stereocenters. The summed E-state index contributed by atoms with van der Waals surface area (Å²) in [6.07, 6.45) is 1.46. The molecule has 160 valence electrons. The molecule has 2 aromatic heterocycles. The van der Waals surface area contributed by atoms with Crippen LogP contribution in [0, 0.1) is 5.82 Å². The summed E-state index contributed by atoms with van der Waals surface area (Å²) in [5.41, 5.74) is 0.253. The average Bonchev–Trinajstić information content (AvgIpc) is 3.14. The predicted octanol–water partition coefficient (Wildman–Crippen LogP) is 3.49. The number of benzene rings is 2. The molecule has 0 saturated heterocycles. The fourth-order valence-corrected chi connectivity index (χ4v) is 3.68. The summed E-state index contributed by atoms with van der Waals surface area (Å²) in [6.45, 7) is 0.469. The summed E-state index contributed by atoms with van der Waals surface area (Å²) in [5, 5.41) is 0.806. The Hall–Kier alpha value is -2.94. The van der Waals surface area contributed by atoms with Crippen LogP contribution in [-0.4, -0.2) is 32.4 Å². The van der Waals surface area contributed by atoms with E-state index in [4.69, 9.17) is 27.9 Å². The predicted molar refractivity (Wildman–Crippen MR) is 117 cm³/mol. The molecular weight excluding hydrogens is 446 g/mol. The lowest BCUT2D eigenvalue weighted by Gasteiger charge is -2.13. The van der Waals surface area contributed by atoms with Crippen LogP contribution in [0.3, 0.4) is 0 Å². The number of nitrogens with zero attached hydrogens (tertiary/aromatic N) is 4. The van der Waals surface area contributed by atoms with Crippen molar-refractivity contribution in [2.75, 3.05) is 13.7 Å².